The average Bonchev–Trinajstić information content (AvgIpc) is 2.44. The highest BCUT2D eigenvalue weighted by atomic mass is 35.5. The van der Waals surface area contributed by atoms with Gasteiger partial charge in [0.15, 0.2) is 0 Å². The molecule has 0 bridgehead atoms. The Morgan fingerprint density at radius 2 is 2.23 bits per heavy atom. The van der Waals surface area contributed by atoms with Crippen LogP contribution in [-0.2, 0) is 11.2 Å². The van der Waals surface area contributed by atoms with Gasteiger partial charge in [-0.05, 0) is 30.2 Å². The fourth-order valence-corrected chi connectivity index (χ4v) is 2.58. The maximum absolute atomic E-state index is 12.6. The smallest absolute Gasteiger partial charge is 0.406 e. The molecule has 1 aromatic rings. The molecule has 1 heterocycles. The molecule has 1 amide bonds. The molecule has 0 spiro atoms. The van der Waals surface area contributed by atoms with Crippen molar-refractivity contribution in [1.29, 1.82) is 0 Å². The molecule has 7 heteroatoms. The van der Waals surface area contributed by atoms with E-state index in [1.807, 2.05) is 0 Å². The number of ether oxygens (including phenoxy) is 1. The quantitative estimate of drug-likeness (QED) is 0.790. The molecular formula is C15H15ClF3NO2. The minimum atomic E-state index is -4.45. The molecule has 1 atom stereocenters. The molecule has 3 nitrogen and oxygen atoms in total. The highest BCUT2D eigenvalue weighted by Gasteiger charge is 2.36. The summed E-state index contributed by atoms with van der Waals surface area (Å²) in [7, 11) is 0. The molecule has 0 saturated heterocycles. The van der Waals surface area contributed by atoms with Crippen LogP contribution in [-0.4, -0.2) is 36.7 Å². The van der Waals surface area contributed by atoms with Gasteiger partial charge in [-0.15, -0.1) is 6.58 Å². The van der Waals surface area contributed by atoms with Gasteiger partial charge < -0.3 is 9.64 Å². The van der Waals surface area contributed by atoms with Gasteiger partial charge in [-0.2, -0.15) is 13.2 Å². The zero-order chi connectivity index (χ0) is 16.3. The lowest BCUT2D eigenvalue weighted by molar-refractivity contribution is -0.163. The van der Waals surface area contributed by atoms with Gasteiger partial charge in [0.25, 0.3) is 0 Å². The molecule has 0 radical (unpaired) electrons. The SMILES string of the molecule is C=CCN(CC(F)(F)F)C(=O)C1COc2ccc(Cl)cc2C1. The molecule has 22 heavy (non-hydrogen) atoms. The molecule has 0 aromatic heterocycles. The van der Waals surface area contributed by atoms with E-state index >= 15 is 0 Å². The Kier molecular flexibility index (Phi) is 5.01. The fraction of sp³-hybridized carbons (Fsp3) is 0.400. The van der Waals surface area contributed by atoms with Crippen molar-refractivity contribution >= 4 is 17.5 Å². The predicted molar refractivity (Wildman–Crippen MR) is 77.0 cm³/mol. The highest BCUT2D eigenvalue weighted by molar-refractivity contribution is 6.30. The third kappa shape index (κ3) is 4.16. The van der Waals surface area contributed by atoms with Gasteiger partial charge in [-0.1, -0.05) is 17.7 Å². The molecule has 120 valence electrons. The number of amides is 1. The van der Waals surface area contributed by atoms with Crippen molar-refractivity contribution in [3.05, 3.63) is 41.4 Å². The van der Waals surface area contributed by atoms with E-state index in [-0.39, 0.29) is 13.2 Å². The highest BCUT2D eigenvalue weighted by Crippen LogP contribution is 2.31. The lowest BCUT2D eigenvalue weighted by Crippen LogP contribution is -2.45. The molecule has 0 N–H and O–H groups in total. The Bertz CT molecular complexity index is 574. The topological polar surface area (TPSA) is 29.5 Å². The predicted octanol–water partition coefficient (Wildman–Crippen LogP) is 3.47. The molecule has 1 unspecified atom stereocenters. The summed E-state index contributed by atoms with van der Waals surface area (Å²) < 4.78 is 43.2. The minimum Gasteiger partial charge on any atom is -0.492 e. The number of fused-ring (bicyclic) bond motifs is 1. The maximum Gasteiger partial charge on any atom is 0.406 e. The van der Waals surface area contributed by atoms with Gasteiger partial charge in [-0.3, -0.25) is 4.79 Å². The van der Waals surface area contributed by atoms with Crippen molar-refractivity contribution in [1.82, 2.24) is 4.90 Å². The largest absolute Gasteiger partial charge is 0.492 e. The van der Waals surface area contributed by atoms with Crippen LogP contribution in [0.4, 0.5) is 13.2 Å². The van der Waals surface area contributed by atoms with Crippen LogP contribution in [0.1, 0.15) is 5.56 Å². The summed E-state index contributed by atoms with van der Waals surface area (Å²) >= 11 is 5.89. The van der Waals surface area contributed by atoms with E-state index in [1.54, 1.807) is 18.2 Å². The summed E-state index contributed by atoms with van der Waals surface area (Å²) in [6.07, 6.45) is -2.87. The van der Waals surface area contributed by atoms with Crippen LogP contribution in [0.25, 0.3) is 0 Å². The summed E-state index contributed by atoms with van der Waals surface area (Å²) in [5, 5.41) is 0.494. The van der Waals surface area contributed by atoms with Gasteiger partial charge >= 0.3 is 6.18 Å². The van der Waals surface area contributed by atoms with Gasteiger partial charge in [0.1, 0.15) is 18.9 Å². The Morgan fingerprint density at radius 1 is 1.50 bits per heavy atom. The first-order valence-corrected chi connectivity index (χ1v) is 7.05. The zero-order valence-corrected chi connectivity index (χ0v) is 12.5. The Morgan fingerprint density at radius 3 is 2.86 bits per heavy atom. The van der Waals surface area contributed by atoms with Crippen LogP contribution in [0.15, 0.2) is 30.9 Å². The second kappa shape index (κ2) is 6.60. The average molecular weight is 334 g/mol. The summed E-state index contributed by atoms with van der Waals surface area (Å²) in [4.78, 5) is 13.1. The van der Waals surface area contributed by atoms with Crippen LogP contribution >= 0.6 is 11.6 Å². The molecule has 2 rings (SSSR count). The van der Waals surface area contributed by atoms with Crippen LogP contribution in [0.5, 0.6) is 5.75 Å². The van der Waals surface area contributed by atoms with E-state index in [1.165, 1.54) is 6.08 Å². The Labute approximate surface area is 131 Å². The zero-order valence-electron chi connectivity index (χ0n) is 11.7. The van der Waals surface area contributed by atoms with Crippen molar-refractivity contribution in [2.45, 2.75) is 12.6 Å². The van der Waals surface area contributed by atoms with Gasteiger partial charge in [0, 0.05) is 11.6 Å². The first-order chi connectivity index (χ1) is 10.3. The standard InChI is InChI=1S/C15H15ClF3NO2/c1-2-5-20(9-15(17,18)19)14(21)11-6-10-7-12(16)3-4-13(10)22-8-11/h2-4,7,11H,1,5-6,8-9H2. The number of rotatable bonds is 4. The number of halogens is 4. The van der Waals surface area contributed by atoms with Gasteiger partial charge in [0.05, 0.1) is 5.92 Å². The van der Waals surface area contributed by atoms with Crippen LogP contribution in [0.3, 0.4) is 0 Å². The monoisotopic (exact) mass is 333 g/mol. The van der Waals surface area contributed by atoms with Crippen molar-refractivity contribution < 1.29 is 22.7 Å². The van der Waals surface area contributed by atoms with Crippen molar-refractivity contribution in [2.75, 3.05) is 19.7 Å². The number of alkyl halides is 3. The Hall–Kier alpha value is -1.69. The number of nitrogens with zero attached hydrogens (tertiary/aromatic N) is 1. The molecule has 1 aliphatic rings. The molecule has 0 aliphatic carbocycles. The van der Waals surface area contributed by atoms with Crippen LogP contribution in [0, 0.1) is 5.92 Å². The number of benzene rings is 1. The Balaban J connectivity index is 2.13. The first kappa shape index (κ1) is 16.7. The molecule has 0 fully saturated rings. The van der Waals surface area contributed by atoms with E-state index in [9.17, 15) is 18.0 Å². The third-order valence-corrected chi connectivity index (χ3v) is 3.54. The summed E-state index contributed by atoms with van der Waals surface area (Å²) in [5.74, 6) is -0.643. The number of hydrogen-bond donors (Lipinski definition) is 0. The van der Waals surface area contributed by atoms with Crippen molar-refractivity contribution in [2.24, 2.45) is 5.92 Å². The lowest BCUT2D eigenvalue weighted by Gasteiger charge is -2.30. The number of carbonyl (C=O) groups excluding carboxylic acids is 1. The fourth-order valence-electron chi connectivity index (χ4n) is 2.38. The van der Waals surface area contributed by atoms with Crippen molar-refractivity contribution in [3.63, 3.8) is 0 Å². The summed E-state index contributed by atoms with van der Waals surface area (Å²) in [6, 6.07) is 5.02. The molecule has 0 saturated carbocycles. The molecule has 1 aliphatic heterocycles. The maximum atomic E-state index is 12.6. The van der Waals surface area contributed by atoms with E-state index in [2.05, 4.69) is 6.58 Å². The van der Waals surface area contributed by atoms with Gasteiger partial charge in [-0.25, -0.2) is 0 Å². The summed E-state index contributed by atoms with van der Waals surface area (Å²) in [6.45, 7) is 2.00. The van der Waals surface area contributed by atoms with Gasteiger partial charge in [0.2, 0.25) is 5.91 Å². The second-order valence-corrected chi connectivity index (χ2v) is 5.52. The third-order valence-electron chi connectivity index (χ3n) is 3.31. The van der Waals surface area contributed by atoms with E-state index in [0.29, 0.717) is 17.2 Å². The molecule has 1 aromatic carbocycles. The second-order valence-electron chi connectivity index (χ2n) is 5.09. The summed E-state index contributed by atoms with van der Waals surface area (Å²) in [5.41, 5.74) is 0.725. The first-order valence-electron chi connectivity index (χ1n) is 6.68. The lowest BCUT2D eigenvalue weighted by atomic mass is 9.95. The molecular weight excluding hydrogens is 319 g/mol. The van der Waals surface area contributed by atoms with E-state index in [0.717, 1.165) is 10.5 Å². The van der Waals surface area contributed by atoms with Crippen LogP contribution < -0.4 is 4.74 Å². The van der Waals surface area contributed by atoms with Crippen LogP contribution in [0.2, 0.25) is 5.02 Å². The number of carbonyl (C=O) groups is 1. The normalized spacial score (nSPS) is 17.4. The van der Waals surface area contributed by atoms with E-state index in [4.69, 9.17) is 16.3 Å². The van der Waals surface area contributed by atoms with E-state index < -0.39 is 24.5 Å². The number of hydrogen-bond acceptors (Lipinski definition) is 2. The minimum absolute atomic E-state index is 0.0545. The van der Waals surface area contributed by atoms with Crippen molar-refractivity contribution in [3.8, 4) is 5.75 Å².